The largest absolute Gasteiger partial charge is 0.457 e. The Labute approximate surface area is 550 Å². The molecule has 0 radical (unpaired) electrons. The van der Waals surface area contributed by atoms with E-state index in [-0.39, 0.29) is 135 Å². The van der Waals surface area contributed by atoms with Crippen molar-refractivity contribution in [3.05, 3.63) is 217 Å². The standard InChI is InChI=1S/C72H34F12N12O4/c73-69(74,75)33-1-9-45-53(25-33)85-21-17-57(45)97-37-5-13-41-49(29-37)65-89-61(41)94-66-51-31-39(99-59-19-23-87-55-27-35(71(79,80)81)3-11-47(55)59)7-15-43(51)63(91-66)96-68-52-32-40(100-60-20-24-88-56-28-36(72(82,83)84)4-12-48(56)60)8-16-44(52)64(92-68)95-67-50-30-38(6-14-42(50)62(90-67)93-65)98-58-18-22-86-54-26-34(70(76,77)78)2-10-46(54)58/h1-32H,(H2,89,90,91,92,93,94,95,96). The molecule has 0 amide bonds. The number of benzene rings is 8. The molecule has 0 fully saturated rings. The molecule has 8 aromatic carbocycles. The second-order valence-corrected chi connectivity index (χ2v) is 23.0. The number of hydrogen-bond donors (Lipinski definition) is 2. The average Bonchev–Trinajstić information content (AvgIpc) is 1.31. The Hall–Kier alpha value is -12.9. The summed E-state index contributed by atoms with van der Waals surface area (Å²) in [6.07, 6.45) is -13.3. The third-order valence-electron chi connectivity index (χ3n) is 16.7. The third-order valence-corrected chi connectivity index (χ3v) is 16.7. The Morgan fingerprint density at radius 1 is 0.240 bits per heavy atom. The van der Waals surface area contributed by atoms with E-state index in [2.05, 4.69) is 29.9 Å². The van der Waals surface area contributed by atoms with Crippen LogP contribution in [0.4, 0.5) is 52.7 Å². The number of nitrogens with one attached hydrogen (secondary N) is 2. The van der Waals surface area contributed by atoms with Gasteiger partial charge in [0.25, 0.3) is 0 Å². The first-order valence-corrected chi connectivity index (χ1v) is 29.9. The number of halogens is 12. The number of H-pyrrole nitrogens is 2. The summed E-state index contributed by atoms with van der Waals surface area (Å²) in [5.74, 6) is 1.81. The summed E-state index contributed by atoms with van der Waals surface area (Å²) in [5, 5.41) is 2.74. The molecule has 0 aliphatic carbocycles. The first-order valence-electron chi connectivity index (χ1n) is 29.9. The van der Waals surface area contributed by atoms with E-state index in [9.17, 15) is 52.7 Å². The monoisotopic (exact) mass is 1360 g/mol. The molecule has 2 N–H and O–H groups in total. The molecule has 100 heavy (non-hydrogen) atoms. The molecule has 0 atom stereocenters. The fourth-order valence-corrected chi connectivity index (χ4v) is 12.0. The first-order chi connectivity index (χ1) is 47.9. The molecule has 490 valence electrons. The minimum Gasteiger partial charge on any atom is -0.457 e. The molecule has 28 heteroatoms. The lowest BCUT2D eigenvalue weighted by Crippen LogP contribution is -2.04. The zero-order valence-electron chi connectivity index (χ0n) is 50.1. The van der Waals surface area contributed by atoms with Gasteiger partial charge in [-0.25, -0.2) is 29.9 Å². The normalized spacial score (nSPS) is 12.6. The minimum absolute atomic E-state index is 0.0170. The Morgan fingerprint density at radius 2 is 0.500 bits per heavy atom. The highest BCUT2D eigenvalue weighted by molar-refractivity contribution is 6.07. The van der Waals surface area contributed by atoms with Crippen molar-refractivity contribution in [3.8, 4) is 91.5 Å². The lowest BCUT2D eigenvalue weighted by molar-refractivity contribution is -0.138. The molecule has 0 saturated heterocycles. The van der Waals surface area contributed by atoms with Gasteiger partial charge in [-0.05, 0) is 170 Å². The Morgan fingerprint density at radius 3 is 0.800 bits per heavy atom. The number of rotatable bonds is 8. The van der Waals surface area contributed by atoms with Gasteiger partial charge in [0.2, 0.25) is 0 Å². The van der Waals surface area contributed by atoms with Gasteiger partial charge in [-0.3, -0.25) is 19.9 Å². The van der Waals surface area contributed by atoms with Crippen molar-refractivity contribution in [2.45, 2.75) is 24.7 Å². The third kappa shape index (κ3) is 10.9. The zero-order valence-corrected chi connectivity index (χ0v) is 50.1. The van der Waals surface area contributed by atoms with Crippen LogP contribution in [0.25, 0.3) is 133 Å². The van der Waals surface area contributed by atoms with Crippen LogP contribution in [0.1, 0.15) is 22.3 Å². The van der Waals surface area contributed by atoms with Crippen LogP contribution in [-0.4, -0.2) is 59.8 Å². The second-order valence-electron chi connectivity index (χ2n) is 23.0. The maximum absolute atomic E-state index is 13.9. The molecule has 17 rings (SSSR count). The van der Waals surface area contributed by atoms with Gasteiger partial charge < -0.3 is 28.9 Å². The average molecular weight is 1360 g/mol. The van der Waals surface area contributed by atoms with Crippen LogP contribution in [0.2, 0.25) is 0 Å². The highest BCUT2D eigenvalue weighted by Crippen LogP contribution is 2.45. The van der Waals surface area contributed by atoms with E-state index in [4.69, 9.17) is 48.9 Å². The highest BCUT2D eigenvalue weighted by Gasteiger charge is 2.35. The quantitative estimate of drug-likeness (QED) is 0.136. The van der Waals surface area contributed by atoms with Crippen molar-refractivity contribution in [1.82, 2.24) is 59.8 Å². The van der Waals surface area contributed by atoms with Crippen molar-refractivity contribution in [2.75, 3.05) is 0 Å². The highest BCUT2D eigenvalue weighted by atomic mass is 19.4. The van der Waals surface area contributed by atoms with E-state index >= 15 is 0 Å². The molecule has 2 aliphatic heterocycles. The lowest BCUT2D eigenvalue weighted by Gasteiger charge is -2.12. The zero-order chi connectivity index (χ0) is 68.7. The van der Waals surface area contributed by atoms with E-state index in [0.717, 1.165) is 48.5 Å². The van der Waals surface area contributed by atoms with E-state index in [1.54, 1.807) is 72.8 Å². The van der Waals surface area contributed by atoms with Gasteiger partial charge >= 0.3 is 24.7 Å². The predicted molar refractivity (Wildman–Crippen MR) is 343 cm³/mol. The lowest BCUT2D eigenvalue weighted by atomic mass is 10.1. The molecule has 0 spiro atoms. The molecule has 9 heterocycles. The summed E-state index contributed by atoms with van der Waals surface area (Å²) in [6, 6.07) is 38.0. The number of alkyl halides is 12. The number of ether oxygens (including phenoxy) is 4. The van der Waals surface area contributed by atoms with Crippen LogP contribution < -0.4 is 18.9 Å². The molecule has 7 aromatic heterocycles. The molecule has 0 saturated carbocycles. The van der Waals surface area contributed by atoms with Crippen molar-refractivity contribution >= 4 is 87.7 Å². The summed E-state index contributed by atoms with van der Waals surface area (Å²) in [7, 11) is 0. The van der Waals surface area contributed by atoms with Gasteiger partial charge in [0.05, 0.1) is 44.3 Å². The Bertz CT molecular complexity index is 5800. The van der Waals surface area contributed by atoms with Gasteiger partial charge in [0.15, 0.2) is 23.3 Å². The molecule has 8 bridgehead atoms. The topological polar surface area (TPSA) is 197 Å². The van der Waals surface area contributed by atoms with Gasteiger partial charge in [-0.15, -0.1) is 0 Å². The van der Waals surface area contributed by atoms with Crippen molar-refractivity contribution in [3.63, 3.8) is 0 Å². The molecule has 0 unspecified atom stereocenters. The van der Waals surface area contributed by atoms with Crippen LogP contribution in [0.5, 0.6) is 46.0 Å². The smallest absolute Gasteiger partial charge is 0.416 e. The van der Waals surface area contributed by atoms with Gasteiger partial charge in [-0.2, -0.15) is 52.7 Å². The van der Waals surface area contributed by atoms with E-state index in [1.165, 1.54) is 73.3 Å². The number of nitrogens with zero attached hydrogens (tertiary/aromatic N) is 10. The van der Waals surface area contributed by atoms with Crippen LogP contribution in [0.3, 0.4) is 0 Å². The van der Waals surface area contributed by atoms with Gasteiger partial charge in [-0.1, -0.05) is 0 Å². The van der Waals surface area contributed by atoms with Crippen LogP contribution in [0, 0.1) is 0 Å². The summed E-state index contributed by atoms with van der Waals surface area (Å²) < 4.78 is 192. The van der Waals surface area contributed by atoms with E-state index in [0.29, 0.717) is 43.8 Å². The predicted octanol–water partition coefficient (Wildman–Crippen LogP) is 20.3. The van der Waals surface area contributed by atoms with Gasteiger partial charge in [0.1, 0.15) is 68.6 Å². The Kier molecular flexibility index (Phi) is 13.6. The number of aromatic nitrogens is 12. The number of pyridine rings is 4. The SMILES string of the molecule is FC(F)(F)c1ccc2c(Oc3ccc4c(c3)-c3nc-4nc4[nH]c(nc5nc(nc6[nH]c(n3)c3ccc(Oc7ccnc8cc(C(F)(F)F)ccc78)cc63)-c3ccc(Oc6ccnc7cc(C(F)(F)F)ccc67)cc3-5)c3ccc(Oc5ccnc6cc(C(F)(F)F)ccc56)cc43)ccnc2c1. The van der Waals surface area contributed by atoms with Crippen molar-refractivity contribution < 1.29 is 71.6 Å². The fraction of sp³-hybridized carbons (Fsp3) is 0.0556. The summed E-state index contributed by atoms with van der Waals surface area (Å²) >= 11 is 0. The molecular formula is C72H34F12N12O4. The van der Waals surface area contributed by atoms with Crippen molar-refractivity contribution in [1.29, 1.82) is 0 Å². The Balaban J connectivity index is 0.876. The van der Waals surface area contributed by atoms with E-state index in [1.807, 2.05) is 0 Å². The minimum atomic E-state index is -4.65. The molecular weight excluding hydrogens is 1320 g/mol. The molecule has 16 nitrogen and oxygen atoms in total. The van der Waals surface area contributed by atoms with Crippen LogP contribution in [0.15, 0.2) is 195 Å². The van der Waals surface area contributed by atoms with E-state index < -0.39 is 47.0 Å². The van der Waals surface area contributed by atoms with Crippen LogP contribution in [-0.2, 0) is 24.7 Å². The summed E-state index contributed by atoms with van der Waals surface area (Å²) in [4.78, 5) is 54.0. The fourth-order valence-electron chi connectivity index (χ4n) is 12.0. The first kappa shape index (κ1) is 60.8. The summed E-state index contributed by atoms with van der Waals surface area (Å²) in [6.45, 7) is 0. The van der Waals surface area contributed by atoms with Gasteiger partial charge in [0, 0.05) is 90.1 Å². The summed E-state index contributed by atoms with van der Waals surface area (Å²) in [5.41, 5.74) is -1.37. The molecule has 2 aliphatic rings. The number of fused-ring (bicyclic) bond motifs is 24. The number of aromatic amines is 2. The molecule has 15 aromatic rings. The second kappa shape index (κ2) is 22.3. The maximum atomic E-state index is 13.9. The van der Waals surface area contributed by atoms with Crippen molar-refractivity contribution in [2.24, 2.45) is 0 Å². The maximum Gasteiger partial charge on any atom is 0.416 e. The number of hydrogen-bond acceptors (Lipinski definition) is 14. The van der Waals surface area contributed by atoms with Crippen LogP contribution >= 0.6 is 0 Å².